The van der Waals surface area contributed by atoms with Gasteiger partial charge in [0.05, 0.1) is 12.6 Å². The molecule has 1 rings (SSSR count). The number of carboxylic acid groups (broad SMARTS) is 2. The number of carbonyl (C=O) groups is 5. The summed E-state index contributed by atoms with van der Waals surface area (Å²) in [7, 11) is 0. The molecule has 12 nitrogen and oxygen atoms in total. The van der Waals surface area contributed by atoms with Crippen molar-refractivity contribution in [3.8, 4) is 0 Å². The molecule has 3 amide bonds. The quantitative estimate of drug-likeness (QED) is 0.177. The van der Waals surface area contributed by atoms with E-state index in [1.165, 1.54) is 4.90 Å². The predicted molar refractivity (Wildman–Crippen MR) is 111 cm³/mol. The molecule has 0 aromatic rings. The molecule has 0 bridgehead atoms. The number of likely N-dealkylation sites (tertiary alicyclic amines) is 1. The summed E-state index contributed by atoms with van der Waals surface area (Å²) in [6.07, 6.45) is 2.44. The summed E-state index contributed by atoms with van der Waals surface area (Å²) >= 11 is 1.55. The van der Waals surface area contributed by atoms with E-state index in [1.54, 1.807) is 11.8 Å². The zero-order valence-electron chi connectivity index (χ0n) is 17.3. The minimum absolute atomic E-state index is 0.343. The summed E-state index contributed by atoms with van der Waals surface area (Å²) < 4.78 is 0. The number of hydrogen-bond donors (Lipinski definition) is 6. The lowest BCUT2D eigenvalue weighted by molar-refractivity contribution is -0.144. The van der Waals surface area contributed by atoms with E-state index in [0.29, 0.717) is 31.6 Å². The molecule has 0 aromatic heterocycles. The SMILES string of the molecule is CSCCC(N)C(=O)N1CCCC1C(=O)NC(CO)C(=O)NC(CCC(=O)O)C(=O)O. The van der Waals surface area contributed by atoms with Crippen molar-refractivity contribution in [2.75, 3.05) is 25.2 Å². The molecule has 176 valence electrons. The van der Waals surface area contributed by atoms with Crippen LogP contribution in [0.1, 0.15) is 32.1 Å². The number of nitrogens with zero attached hydrogens (tertiary/aromatic N) is 1. The predicted octanol–water partition coefficient (Wildman–Crippen LogP) is -2.03. The second kappa shape index (κ2) is 13.1. The zero-order chi connectivity index (χ0) is 23.6. The van der Waals surface area contributed by atoms with E-state index in [2.05, 4.69) is 10.6 Å². The lowest BCUT2D eigenvalue weighted by atomic mass is 10.1. The van der Waals surface area contributed by atoms with Crippen LogP contribution in [-0.4, -0.2) is 99.2 Å². The molecule has 0 radical (unpaired) electrons. The average Bonchev–Trinajstić information content (AvgIpc) is 3.21. The van der Waals surface area contributed by atoms with Crippen LogP contribution in [0.4, 0.5) is 0 Å². The van der Waals surface area contributed by atoms with Gasteiger partial charge in [0.2, 0.25) is 17.7 Å². The fourth-order valence-corrected chi connectivity index (χ4v) is 3.63. The second-order valence-electron chi connectivity index (χ2n) is 7.15. The first-order valence-corrected chi connectivity index (χ1v) is 11.2. The van der Waals surface area contributed by atoms with Gasteiger partial charge >= 0.3 is 11.9 Å². The molecule has 0 spiro atoms. The normalized spacial score (nSPS) is 18.7. The first-order chi connectivity index (χ1) is 14.6. The Kier molecular flexibility index (Phi) is 11.3. The molecule has 0 saturated carbocycles. The number of aliphatic hydroxyl groups excluding tert-OH is 1. The van der Waals surface area contributed by atoms with Crippen molar-refractivity contribution in [3.63, 3.8) is 0 Å². The van der Waals surface area contributed by atoms with Crippen molar-refractivity contribution >= 4 is 41.4 Å². The topological polar surface area (TPSA) is 199 Å². The highest BCUT2D eigenvalue weighted by atomic mass is 32.2. The van der Waals surface area contributed by atoms with Crippen LogP contribution in [0, 0.1) is 0 Å². The number of aliphatic carboxylic acids is 2. The highest BCUT2D eigenvalue weighted by Gasteiger charge is 2.37. The Hall–Kier alpha value is -2.38. The number of amides is 3. The van der Waals surface area contributed by atoms with Crippen LogP contribution in [0.25, 0.3) is 0 Å². The van der Waals surface area contributed by atoms with Gasteiger partial charge in [0.25, 0.3) is 0 Å². The first-order valence-electron chi connectivity index (χ1n) is 9.83. The third kappa shape index (κ3) is 8.34. The van der Waals surface area contributed by atoms with Gasteiger partial charge in [-0.2, -0.15) is 11.8 Å². The zero-order valence-corrected chi connectivity index (χ0v) is 18.1. The minimum Gasteiger partial charge on any atom is -0.481 e. The molecule has 1 aliphatic rings. The summed E-state index contributed by atoms with van der Waals surface area (Å²) in [6, 6.07) is -4.55. The Morgan fingerprint density at radius 2 is 1.81 bits per heavy atom. The Morgan fingerprint density at radius 1 is 1.13 bits per heavy atom. The van der Waals surface area contributed by atoms with Gasteiger partial charge in [-0.1, -0.05) is 0 Å². The highest BCUT2D eigenvalue weighted by molar-refractivity contribution is 7.98. The van der Waals surface area contributed by atoms with Crippen LogP contribution in [0.2, 0.25) is 0 Å². The summed E-state index contributed by atoms with van der Waals surface area (Å²) in [4.78, 5) is 60.8. The Bertz CT molecular complexity index is 677. The molecule has 0 aromatic carbocycles. The number of rotatable bonds is 13. The molecule has 4 atom stereocenters. The molecule has 7 N–H and O–H groups in total. The van der Waals surface area contributed by atoms with Gasteiger partial charge in [-0.05, 0) is 37.7 Å². The van der Waals surface area contributed by atoms with Gasteiger partial charge in [0.1, 0.15) is 18.1 Å². The number of carboxylic acids is 2. The van der Waals surface area contributed by atoms with E-state index >= 15 is 0 Å². The van der Waals surface area contributed by atoms with Gasteiger partial charge in [-0.25, -0.2) is 4.79 Å². The fourth-order valence-electron chi connectivity index (χ4n) is 3.14. The van der Waals surface area contributed by atoms with Crippen molar-refractivity contribution in [2.45, 2.75) is 56.3 Å². The number of carbonyl (C=O) groups excluding carboxylic acids is 3. The number of thioether (sulfide) groups is 1. The van der Waals surface area contributed by atoms with E-state index in [1.807, 2.05) is 6.26 Å². The number of aliphatic hydroxyl groups is 1. The van der Waals surface area contributed by atoms with Gasteiger partial charge in [-0.15, -0.1) is 0 Å². The molecular weight excluding hydrogens is 432 g/mol. The van der Waals surface area contributed by atoms with Gasteiger partial charge in [0.15, 0.2) is 0 Å². The summed E-state index contributed by atoms with van der Waals surface area (Å²) in [5.41, 5.74) is 5.92. The van der Waals surface area contributed by atoms with Gasteiger partial charge in [-0.3, -0.25) is 19.2 Å². The molecule has 1 saturated heterocycles. The fraction of sp³-hybridized carbons (Fsp3) is 0.722. The second-order valence-corrected chi connectivity index (χ2v) is 8.14. The monoisotopic (exact) mass is 462 g/mol. The molecule has 1 fully saturated rings. The van der Waals surface area contributed by atoms with E-state index in [4.69, 9.17) is 15.9 Å². The average molecular weight is 463 g/mol. The van der Waals surface area contributed by atoms with Crippen molar-refractivity contribution in [1.29, 1.82) is 0 Å². The number of nitrogens with two attached hydrogens (primary N) is 1. The van der Waals surface area contributed by atoms with Crippen LogP contribution >= 0.6 is 11.8 Å². The summed E-state index contributed by atoms with van der Waals surface area (Å²) in [5.74, 6) is -3.97. The first kappa shape index (κ1) is 26.7. The third-order valence-electron chi connectivity index (χ3n) is 4.87. The van der Waals surface area contributed by atoms with Crippen LogP contribution in [0.3, 0.4) is 0 Å². The molecular formula is C18H30N4O8S. The van der Waals surface area contributed by atoms with Gasteiger partial charge < -0.3 is 36.6 Å². The number of hydrogen-bond acceptors (Lipinski definition) is 8. The largest absolute Gasteiger partial charge is 0.481 e. The highest BCUT2D eigenvalue weighted by Crippen LogP contribution is 2.19. The maximum absolute atomic E-state index is 12.7. The molecule has 1 aliphatic heterocycles. The van der Waals surface area contributed by atoms with E-state index < -0.39 is 60.9 Å². The smallest absolute Gasteiger partial charge is 0.326 e. The molecule has 13 heteroatoms. The maximum atomic E-state index is 12.7. The standard InChI is InChI=1S/C18H30N4O8S/c1-31-8-6-10(19)17(28)22-7-2-3-13(22)16(27)21-12(9-23)15(26)20-11(18(29)30)4-5-14(24)25/h10-13,23H,2-9,19H2,1H3,(H,20,26)(H,21,27)(H,24,25)(H,29,30). The van der Waals surface area contributed by atoms with E-state index in [9.17, 15) is 29.1 Å². The van der Waals surface area contributed by atoms with Crippen molar-refractivity contribution in [1.82, 2.24) is 15.5 Å². The van der Waals surface area contributed by atoms with E-state index in [0.717, 1.165) is 0 Å². The molecule has 0 aliphatic carbocycles. The van der Waals surface area contributed by atoms with E-state index in [-0.39, 0.29) is 12.3 Å². The third-order valence-corrected chi connectivity index (χ3v) is 5.51. The minimum atomic E-state index is -1.49. The Labute approximate surface area is 183 Å². The molecule has 31 heavy (non-hydrogen) atoms. The van der Waals surface area contributed by atoms with Crippen LogP contribution < -0.4 is 16.4 Å². The Morgan fingerprint density at radius 3 is 2.35 bits per heavy atom. The lowest BCUT2D eigenvalue weighted by Crippen LogP contribution is -2.57. The molecule has 4 unspecified atom stereocenters. The van der Waals surface area contributed by atoms with Crippen molar-refractivity contribution in [3.05, 3.63) is 0 Å². The number of nitrogens with one attached hydrogen (secondary N) is 2. The van der Waals surface area contributed by atoms with Crippen molar-refractivity contribution < 1.29 is 39.3 Å². The van der Waals surface area contributed by atoms with Crippen molar-refractivity contribution in [2.24, 2.45) is 5.73 Å². The summed E-state index contributed by atoms with van der Waals surface area (Å²) in [5, 5.41) is 31.8. The van der Waals surface area contributed by atoms with Crippen LogP contribution in [0.15, 0.2) is 0 Å². The van der Waals surface area contributed by atoms with Gasteiger partial charge in [0, 0.05) is 13.0 Å². The maximum Gasteiger partial charge on any atom is 0.326 e. The van der Waals surface area contributed by atoms with Crippen LogP contribution in [-0.2, 0) is 24.0 Å². The summed E-state index contributed by atoms with van der Waals surface area (Å²) in [6.45, 7) is -0.465. The lowest BCUT2D eigenvalue weighted by Gasteiger charge is -2.28. The van der Waals surface area contributed by atoms with Crippen LogP contribution in [0.5, 0.6) is 0 Å². The molecule has 1 heterocycles. The Balaban J connectivity index is 2.75.